The van der Waals surface area contributed by atoms with Crippen molar-refractivity contribution < 1.29 is 0 Å². The Kier molecular flexibility index (Phi) is 6.52. The standard InChI is InChI=1S/C32H30/c1-23-13-17-27(18-14-23)19-22-31(29-11-7-5-9-25(29)3)32(28-20-15-24(2)16-21-28)30-12-8-6-10-26(30)4/h5-22H,1-4H3. The van der Waals surface area contributed by atoms with E-state index in [0.717, 1.165) is 0 Å². The van der Waals surface area contributed by atoms with E-state index >= 15 is 0 Å². The van der Waals surface area contributed by atoms with Gasteiger partial charge in [0.15, 0.2) is 0 Å². The van der Waals surface area contributed by atoms with Gasteiger partial charge in [-0.25, -0.2) is 0 Å². The molecular formula is C32H30. The number of aryl methyl sites for hydroxylation is 4. The first-order valence-electron chi connectivity index (χ1n) is 11.2. The topological polar surface area (TPSA) is 0 Å². The Morgan fingerprint density at radius 3 is 1.59 bits per heavy atom. The minimum Gasteiger partial charge on any atom is -0.0620 e. The lowest BCUT2D eigenvalue weighted by Gasteiger charge is -2.18. The van der Waals surface area contributed by atoms with Gasteiger partial charge in [-0.05, 0) is 72.2 Å². The SMILES string of the molecule is Cc1ccc(C=CC(=C(c2ccc(C)cc2)c2ccccc2C)c2ccccc2C)cc1. The zero-order chi connectivity index (χ0) is 22.5. The van der Waals surface area contributed by atoms with Crippen molar-refractivity contribution in [1.29, 1.82) is 0 Å². The van der Waals surface area contributed by atoms with Crippen molar-refractivity contribution in [3.05, 3.63) is 148 Å². The second-order valence-corrected chi connectivity index (χ2v) is 8.53. The van der Waals surface area contributed by atoms with E-state index in [9.17, 15) is 0 Å². The second kappa shape index (κ2) is 9.66. The Labute approximate surface area is 192 Å². The molecule has 0 N–H and O–H groups in total. The molecule has 0 saturated heterocycles. The van der Waals surface area contributed by atoms with E-state index < -0.39 is 0 Å². The first-order chi connectivity index (χ1) is 15.5. The van der Waals surface area contributed by atoms with Gasteiger partial charge >= 0.3 is 0 Å². The highest BCUT2D eigenvalue weighted by atomic mass is 14.2. The maximum Gasteiger partial charge on any atom is -0.00301 e. The predicted octanol–water partition coefficient (Wildman–Crippen LogP) is 8.59. The van der Waals surface area contributed by atoms with Crippen LogP contribution in [0.4, 0.5) is 0 Å². The van der Waals surface area contributed by atoms with Crippen molar-refractivity contribution in [1.82, 2.24) is 0 Å². The van der Waals surface area contributed by atoms with Crippen LogP contribution in [0.3, 0.4) is 0 Å². The predicted molar refractivity (Wildman–Crippen MR) is 140 cm³/mol. The monoisotopic (exact) mass is 414 g/mol. The molecule has 0 heteroatoms. The number of allylic oxidation sites excluding steroid dienone is 2. The summed E-state index contributed by atoms with van der Waals surface area (Å²) in [5, 5.41) is 0. The lowest BCUT2D eigenvalue weighted by atomic mass is 9.85. The van der Waals surface area contributed by atoms with Crippen molar-refractivity contribution in [2.24, 2.45) is 0 Å². The summed E-state index contributed by atoms with van der Waals surface area (Å²) < 4.78 is 0. The van der Waals surface area contributed by atoms with Crippen molar-refractivity contribution in [3.63, 3.8) is 0 Å². The Morgan fingerprint density at radius 2 is 1.03 bits per heavy atom. The third-order valence-electron chi connectivity index (χ3n) is 5.98. The maximum atomic E-state index is 2.29. The van der Waals surface area contributed by atoms with E-state index in [1.807, 2.05) is 0 Å². The number of hydrogen-bond acceptors (Lipinski definition) is 0. The van der Waals surface area contributed by atoms with Gasteiger partial charge in [-0.2, -0.15) is 0 Å². The van der Waals surface area contributed by atoms with Gasteiger partial charge < -0.3 is 0 Å². The fraction of sp³-hybridized carbons (Fsp3) is 0.125. The molecule has 32 heavy (non-hydrogen) atoms. The highest BCUT2D eigenvalue weighted by Crippen LogP contribution is 2.36. The molecule has 0 aliphatic heterocycles. The zero-order valence-electron chi connectivity index (χ0n) is 19.4. The van der Waals surface area contributed by atoms with Crippen LogP contribution in [0.15, 0.2) is 103 Å². The molecule has 0 aromatic heterocycles. The Balaban J connectivity index is 2.03. The summed E-state index contributed by atoms with van der Waals surface area (Å²) in [4.78, 5) is 0. The van der Waals surface area contributed by atoms with Gasteiger partial charge in [0.2, 0.25) is 0 Å². The van der Waals surface area contributed by atoms with Crippen LogP contribution in [0.2, 0.25) is 0 Å². The van der Waals surface area contributed by atoms with Crippen molar-refractivity contribution in [2.45, 2.75) is 27.7 Å². The summed E-state index contributed by atoms with van der Waals surface area (Å²) in [5.74, 6) is 0. The maximum absolute atomic E-state index is 2.29. The van der Waals surface area contributed by atoms with Crippen LogP contribution in [0.25, 0.3) is 17.2 Å². The minimum atomic E-state index is 1.20. The first kappa shape index (κ1) is 21.6. The number of hydrogen-bond donors (Lipinski definition) is 0. The van der Waals surface area contributed by atoms with E-state index in [1.54, 1.807) is 0 Å². The van der Waals surface area contributed by atoms with Crippen LogP contribution in [0.1, 0.15) is 44.5 Å². The zero-order valence-corrected chi connectivity index (χ0v) is 19.4. The second-order valence-electron chi connectivity index (χ2n) is 8.53. The first-order valence-corrected chi connectivity index (χ1v) is 11.2. The lowest BCUT2D eigenvalue weighted by Crippen LogP contribution is -1.98. The van der Waals surface area contributed by atoms with Gasteiger partial charge in [0.25, 0.3) is 0 Å². The van der Waals surface area contributed by atoms with Gasteiger partial charge in [-0.15, -0.1) is 0 Å². The van der Waals surface area contributed by atoms with E-state index in [-0.39, 0.29) is 0 Å². The van der Waals surface area contributed by atoms with Crippen molar-refractivity contribution in [3.8, 4) is 0 Å². The molecule has 0 fully saturated rings. The summed E-state index contributed by atoms with van der Waals surface area (Å²) in [6.07, 6.45) is 4.52. The van der Waals surface area contributed by atoms with Crippen LogP contribution in [0, 0.1) is 27.7 Å². The molecule has 0 aliphatic rings. The fourth-order valence-corrected chi connectivity index (χ4v) is 4.07. The average molecular weight is 415 g/mol. The largest absolute Gasteiger partial charge is 0.0620 e. The van der Waals surface area contributed by atoms with Crippen LogP contribution in [-0.2, 0) is 0 Å². The van der Waals surface area contributed by atoms with Crippen molar-refractivity contribution >= 4 is 17.2 Å². The van der Waals surface area contributed by atoms with Gasteiger partial charge in [0.1, 0.15) is 0 Å². The van der Waals surface area contributed by atoms with E-state index in [4.69, 9.17) is 0 Å². The van der Waals surface area contributed by atoms with Crippen molar-refractivity contribution in [2.75, 3.05) is 0 Å². The molecule has 0 amide bonds. The summed E-state index contributed by atoms with van der Waals surface area (Å²) in [6.45, 7) is 8.66. The molecule has 4 rings (SSSR count). The molecule has 0 nitrogen and oxygen atoms in total. The van der Waals surface area contributed by atoms with E-state index in [2.05, 4.69) is 137 Å². The molecule has 0 bridgehead atoms. The molecule has 0 atom stereocenters. The third kappa shape index (κ3) is 4.81. The minimum absolute atomic E-state index is 1.20. The average Bonchev–Trinajstić information content (AvgIpc) is 2.80. The molecule has 0 spiro atoms. The Bertz CT molecular complexity index is 1270. The smallest absolute Gasteiger partial charge is 0.00301 e. The van der Waals surface area contributed by atoms with Gasteiger partial charge in [0.05, 0.1) is 0 Å². The van der Waals surface area contributed by atoms with Crippen LogP contribution >= 0.6 is 0 Å². The molecule has 0 unspecified atom stereocenters. The Hall–Kier alpha value is -3.64. The summed E-state index contributed by atoms with van der Waals surface area (Å²) >= 11 is 0. The highest BCUT2D eigenvalue weighted by Gasteiger charge is 2.15. The van der Waals surface area contributed by atoms with Gasteiger partial charge in [-0.3, -0.25) is 0 Å². The lowest BCUT2D eigenvalue weighted by molar-refractivity contribution is 1.39. The Morgan fingerprint density at radius 1 is 0.531 bits per heavy atom. The molecule has 4 aromatic carbocycles. The van der Waals surface area contributed by atoms with Crippen LogP contribution in [0.5, 0.6) is 0 Å². The third-order valence-corrected chi connectivity index (χ3v) is 5.98. The number of benzene rings is 4. The fourth-order valence-electron chi connectivity index (χ4n) is 4.07. The van der Waals surface area contributed by atoms with E-state index in [1.165, 1.54) is 55.7 Å². The van der Waals surface area contributed by atoms with E-state index in [0.29, 0.717) is 0 Å². The van der Waals surface area contributed by atoms with Gasteiger partial charge in [-0.1, -0.05) is 120 Å². The highest BCUT2D eigenvalue weighted by molar-refractivity contribution is 6.04. The number of rotatable bonds is 5. The molecule has 0 radical (unpaired) electrons. The van der Waals surface area contributed by atoms with Crippen LogP contribution < -0.4 is 0 Å². The quantitative estimate of drug-likeness (QED) is 0.226. The molecule has 0 saturated carbocycles. The molecular weight excluding hydrogens is 384 g/mol. The molecule has 0 aliphatic carbocycles. The molecule has 4 aromatic rings. The summed E-state index contributed by atoms with van der Waals surface area (Å²) in [6, 6.07) is 34.9. The summed E-state index contributed by atoms with van der Waals surface area (Å²) in [5.41, 5.74) is 12.6. The normalized spacial score (nSPS) is 12.1. The summed E-state index contributed by atoms with van der Waals surface area (Å²) in [7, 11) is 0. The molecule has 158 valence electrons. The molecule has 0 heterocycles. The van der Waals surface area contributed by atoms with Crippen LogP contribution in [-0.4, -0.2) is 0 Å². The van der Waals surface area contributed by atoms with Gasteiger partial charge in [0, 0.05) is 0 Å².